The van der Waals surface area contributed by atoms with Crippen LogP contribution in [0.4, 0.5) is 5.69 Å². The second-order valence-electron chi connectivity index (χ2n) is 6.08. The van der Waals surface area contributed by atoms with Gasteiger partial charge < -0.3 is 4.74 Å². The highest BCUT2D eigenvalue weighted by Crippen LogP contribution is 2.68. The zero-order chi connectivity index (χ0) is 14.2. The van der Waals surface area contributed by atoms with Gasteiger partial charge in [0.05, 0.1) is 17.9 Å². The first kappa shape index (κ1) is 12.0. The smallest absolute Gasteiger partial charge is 0.245 e. The zero-order valence-corrected chi connectivity index (χ0v) is 12.0. The van der Waals surface area contributed by atoms with E-state index in [-0.39, 0.29) is 24.0 Å². The van der Waals surface area contributed by atoms with Crippen LogP contribution < -0.4 is 4.90 Å². The monoisotopic (exact) mass is 299 g/mol. The lowest BCUT2D eigenvalue weighted by molar-refractivity contribution is -0.128. The lowest BCUT2D eigenvalue weighted by atomic mass is 9.61. The van der Waals surface area contributed by atoms with Crippen molar-refractivity contribution < 1.29 is 14.3 Å². The molecular weight excluding hydrogens is 286 g/mol. The normalized spacial score (nSPS) is 42.8. The molecule has 3 fully saturated rings. The molecule has 0 radical (unpaired) electrons. The SMILES string of the molecule is O=C1N(c2ccccc2)C(=O)C23CSCC12C1C=CC3O1. The largest absolute Gasteiger partial charge is 0.364 e. The molecule has 1 aromatic carbocycles. The van der Waals surface area contributed by atoms with Gasteiger partial charge in [-0.2, -0.15) is 11.8 Å². The third kappa shape index (κ3) is 1.06. The number of rotatable bonds is 1. The van der Waals surface area contributed by atoms with E-state index in [2.05, 4.69) is 0 Å². The van der Waals surface area contributed by atoms with Crippen molar-refractivity contribution in [3.8, 4) is 0 Å². The predicted molar refractivity (Wildman–Crippen MR) is 78.9 cm³/mol. The first-order chi connectivity index (χ1) is 10.2. The lowest BCUT2D eigenvalue weighted by Gasteiger charge is -2.32. The average Bonchev–Trinajstić information content (AvgIpc) is 3.21. The summed E-state index contributed by atoms with van der Waals surface area (Å²) in [5.74, 6) is 1.18. The number of thioether (sulfide) groups is 1. The number of hydrogen-bond donors (Lipinski definition) is 0. The van der Waals surface area contributed by atoms with E-state index in [1.807, 2.05) is 42.5 Å². The molecule has 3 saturated heterocycles. The minimum Gasteiger partial charge on any atom is -0.364 e. The van der Waals surface area contributed by atoms with Gasteiger partial charge in [-0.1, -0.05) is 30.4 Å². The molecule has 0 N–H and O–H groups in total. The van der Waals surface area contributed by atoms with E-state index in [4.69, 9.17) is 4.74 Å². The summed E-state index contributed by atoms with van der Waals surface area (Å²) in [5, 5.41) is 0. The van der Waals surface area contributed by atoms with E-state index in [9.17, 15) is 9.59 Å². The molecule has 5 rings (SSSR count). The summed E-state index contributed by atoms with van der Waals surface area (Å²) in [4.78, 5) is 27.7. The molecule has 0 aromatic heterocycles. The van der Waals surface area contributed by atoms with Crippen LogP contribution in [-0.2, 0) is 14.3 Å². The van der Waals surface area contributed by atoms with Crippen LogP contribution in [0.1, 0.15) is 0 Å². The number of ether oxygens (including phenoxy) is 1. The maximum Gasteiger partial charge on any atom is 0.245 e. The van der Waals surface area contributed by atoms with E-state index >= 15 is 0 Å². The van der Waals surface area contributed by atoms with Crippen LogP contribution in [0.5, 0.6) is 0 Å². The van der Waals surface area contributed by atoms with Crippen molar-refractivity contribution >= 4 is 29.3 Å². The Kier molecular flexibility index (Phi) is 2.05. The number of anilines is 1. The van der Waals surface area contributed by atoms with Crippen molar-refractivity contribution in [1.82, 2.24) is 0 Å². The fourth-order valence-electron chi connectivity index (χ4n) is 4.37. The van der Waals surface area contributed by atoms with Gasteiger partial charge in [-0.05, 0) is 12.1 Å². The summed E-state index contributed by atoms with van der Waals surface area (Å²) in [7, 11) is 0. The quantitative estimate of drug-likeness (QED) is 0.584. The number of imide groups is 1. The van der Waals surface area contributed by atoms with E-state index in [1.54, 1.807) is 11.8 Å². The molecule has 4 nitrogen and oxygen atoms in total. The summed E-state index contributed by atoms with van der Waals surface area (Å²) in [6.45, 7) is 0. The number of nitrogens with zero attached hydrogens (tertiary/aromatic N) is 1. The fourth-order valence-corrected chi connectivity index (χ4v) is 6.20. The molecule has 106 valence electrons. The van der Waals surface area contributed by atoms with Gasteiger partial charge in [0.1, 0.15) is 10.8 Å². The van der Waals surface area contributed by atoms with E-state index in [0.29, 0.717) is 17.2 Å². The van der Waals surface area contributed by atoms with Crippen LogP contribution in [0.25, 0.3) is 0 Å². The predicted octanol–water partition coefficient (Wildman–Crippen LogP) is 1.62. The molecule has 4 aliphatic heterocycles. The molecule has 4 aliphatic rings. The Bertz CT molecular complexity index is 665. The average molecular weight is 299 g/mol. The first-order valence-corrected chi connectivity index (χ1v) is 8.23. The van der Waals surface area contributed by atoms with Crippen molar-refractivity contribution in [3.05, 3.63) is 42.5 Å². The molecule has 4 atom stereocenters. The summed E-state index contributed by atoms with van der Waals surface area (Å²) in [6, 6.07) is 9.24. The van der Waals surface area contributed by atoms with Crippen LogP contribution in [0, 0.1) is 10.8 Å². The van der Waals surface area contributed by atoms with Gasteiger partial charge in [-0.25, -0.2) is 4.90 Å². The fraction of sp³-hybridized carbons (Fsp3) is 0.375. The Hall–Kier alpha value is -1.59. The molecule has 0 aliphatic carbocycles. The van der Waals surface area contributed by atoms with Crippen LogP contribution in [0.15, 0.2) is 42.5 Å². The minimum atomic E-state index is -0.690. The number of para-hydroxylation sites is 1. The first-order valence-electron chi connectivity index (χ1n) is 7.07. The van der Waals surface area contributed by atoms with E-state index in [0.717, 1.165) is 0 Å². The Morgan fingerprint density at radius 1 is 1.00 bits per heavy atom. The van der Waals surface area contributed by atoms with Gasteiger partial charge in [0.15, 0.2) is 0 Å². The van der Waals surface area contributed by atoms with Gasteiger partial charge in [-0.3, -0.25) is 9.59 Å². The van der Waals surface area contributed by atoms with Crippen LogP contribution >= 0.6 is 11.8 Å². The zero-order valence-electron chi connectivity index (χ0n) is 11.2. The van der Waals surface area contributed by atoms with Crippen molar-refractivity contribution in [2.75, 3.05) is 16.4 Å². The Morgan fingerprint density at radius 2 is 1.57 bits per heavy atom. The summed E-state index contributed by atoms with van der Waals surface area (Å²) in [5.41, 5.74) is -0.708. The van der Waals surface area contributed by atoms with Gasteiger partial charge >= 0.3 is 0 Å². The Labute approximate surface area is 126 Å². The Morgan fingerprint density at radius 3 is 2.14 bits per heavy atom. The Balaban J connectivity index is 1.73. The van der Waals surface area contributed by atoms with Gasteiger partial charge in [-0.15, -0.1) is 0 Å². The van der Waals surface area contributed by atoms with Gasteiger partial charge in [0, 0.05) is 11.5 Å². The van der Waals surface area contributed by atoms with Crippen molar-refractivity contribution in [2.24, 2.45) is 10.8 Å². The molecule has 4 heterocycles. The molecule has 4 unspecified atom stereocenters. The lowest BCUT2D eigenvalue weighted by Crippen LogP contribution is -2.50. The highest BCUT2D eigenvalue weighted by molar-refractivity contribution is 7.99. The van der Waals surface area contributed by atoms with Crippen LogP contribution in [-0.4, -0.2) is 35.5 Å². The second-order valence-corrected chi connectivity index (χ2v) is 7.06. The molecule has 1 aromatic rings. The summed E-state index contributed by atoms with van der Waals surface area (Å²) >= 11 is 1.70. The van der Waals surface area contributed by atoms with E-state index in [1.165, 1.54) is 4.90 Å². The number of hydrogen-bond acceptors (Lipinski definition) is 4. The third-order valence-corrected chi connectivity index (χ3v) is 6.68. The summed E-state index contributed by atoms with van der Waals surface area (Å²) < 4.78 is 5.92. The van der Waals surface area contributed by atoms with Crippen LogP contribution in [0.2, 0.25) is 0 Å². The standard InChI is InChI=1S/C16H13NO3S/c18-13-15-8-21-9-16(15,12-7-6-11(15)20-12)14(19)17(13)10-4-2-1-3-5-10/h1-7,11-12H,8-9H2. The van der Waals surface area contributed by atoms with Crippen molar-refractivity contribution in [2.45, 2.75) is 12.2 Å². The number of carbonyl (C=O) groups is 2. The second kappa shape index (κ2) is 3.59. The molecule has 2 bridgehead atoms. The van der Waals surface area contributed by atoms with E-state index < -0.39 is 10.8 Å². The molecule has 0 saturated carbocycles. The number of benzene rings is 1. The maximum atomic E-state index is 13.2. The third-order valence-electron chi connectivity index (χ3n) is 5.36. The maximum absolute atomic E-state index is 13.2. The molecule has 0 spiro atoms. The topological polar surface area (TPSA) is 46.6 Å². The highest BCUT2D eigenvalue weighted by atomic mass is 32.2. The molecule has 2 amide bonds. The number of carbonyl (C=O) groups excluding carboxylic acids is 2. The highest BCUT2D eigenvalue weighted by Gasteiger charge is 2.82. The summed E-state index contributed by atoms with van der Waals surface area (Å²) in [6.07, 6.45) is 3.44. The van der Waals surface area contributed by atoms with Crippen molar-refractivity contribution in [1.29, 1.82) is 0 Å². The number of fused-ring (bicyclic) bond motifs is 2. The van der Waals surface area contributed by atoms with Gasteiger partial charge in [0.2, 0.25) is 11.8 Å². The molecule has 5 heteroatoms. The van der Waals surface area contributed by atoms with Crippen molar-refractivity contribution in [3.63, 3.8) is 0 Å². The molecular formula is C16H13NO3S. The number of amides is 2. The minimum absolute atomic E-state index is 0.0828. The molecule has 21 heavy (non-hydrogen) atoms. The van der Waals surface area contributed by atoms with Crippen LogP contribution in [0.3, 0.4) is 0 Å². The van der Waals surface area contributed by atoms with Gasteiger partial charge in [0.25, 0.3) is 0 Å².